The van der Waals surface area contributed by atoms with Crippen molar-refractivity contribution in [3.8, 4) is 0 Å². The SMILES string of the molecule is Cc1cc(C)c(NC(=O)CN2CCC(NC(=O)NC3CCCCC3)CC2)c(C)c1. The van der Waals surface area contributed by atoms with Crippen LogP contribution in [-0.2, 0) is 4.79 Å². The van der Waals surface area contributed by atoms with E-state index in [4.69, 9.17) is 0 Å². The van der Waals surface area contributed by atoms with Crippen molar-refractivity contribution in [2.45, 2.75) is 77.8 Å². The number of benzene rings is 1. The summed E-state index contributed by atoms with van der Waals surface area (Å²) in [5, 5.41) is 9.33. The lowest BCUT2D eigenvalue weighted by Gasteiger charge is -2.32. The van der Waals surface area contributed by atoms with Crippen LogP contribution in [0.4, 0.5) is 10.5 Å². The molecule has 2 aliphatic rings. The normalized spacial score (nSPS) is 19.0. The zero-order chi connectivity index (χ0) is 20.8. The predicted octanol–water partition coefficient (Wildman–Crippen LogP) is 3.65. The molecular weight excluding hydrogens is 364 g/mol. The standard InChI is InChI=1S/C23H36N4O2/c1-16-13-17(2)22(18(3)14-16)26-21(28)15-27-11-9-20(10-12-27)25-23(29)24-19-7-5-4-6-8-19/h13-14,19-20H,4-12,15H2,1-3H3,(H,26,28)(H2,24,25,29). The highest BCUT2D eigenvalue weighted by Gasteiger charge is 2.23. The fraction of sp³-hybridized carbons (Fsp3) is 0.652. The first-order valence-electron chi connectivity index (χ1n) is 11.1. The fourth-order valence-corrected chi connectivity index (χ4v) is 4.65. The summed E-state index contributed by atoms with van der Waals surface area (Å²) in [5.41, 5.74) is 4.34. The Kier molecular flexibility index (Phi) is 7.53. The lowest BCUT2D eigenvalue weighted by Crippen LogP contribution is -2.51. The van der Waals surface area contributed by atoms with E-state index in [2.05, 4.69) is 39.9 Å². The van der Waals surface area contributed by atoms with Crippen molar-refractivity contribution >= 4 is 17.6 Å². The number of carbonyl (C=O) groups is 2. The molecule has 3 rings (SSSR count). The number of urea groups is 1. The minimum absolute atomic E-state index is 0.0292. The second-order valence-electron chi connectivity index (χ2n) is 8.83. The molecule has 1 saturated heterocycles. The van der Waals surface area contributed by atoms with Crippen molar-refractivity contribution in [3.63, 3.8) is 0 Å². The third kappa shape index (κ3) is 6.46. The lowest BCUT2D eigenvalue weighted by molar-refractivity contribution is -0.117. The number of anilines is 1. The molecule has 0 atom stereocenters. The van der Waals surface area contributed by atoms with Gasteiger partial charge in [0.25, 0.3) is 0 Å². The molecule has 3 N–H and O–H groups in total. The molecule has 6 nitrogen and oxygen atoms in total. The predicted molar refractivity (Wildman–Crippen MR) is 117 cm³/mol. The van der Waals surface area contributed by atoms with Crippen LogP contribution in [0.2, 0.25) is 0 Å². The van der Waals surface area contributed by atoms with Crippen LogP contribution >= 0.6 is 0 Å². The number of aryl methyl sites for hydroxylation is 3. The van der Waals surface area contributed by atoms with Crippen LogP contribution in [0.1, 0.15) is 61.6 Å². The van der Waals surface area contributed by atoms with Crippen molar-refractivity contribution < 1.29 is 9.59 Å². The number of likely N-dealkylation sites (tertiary alicyclic amines) is 1. The van der Waals surface area contributed by atoms with Gasteiger partial charge in [0.05, 0.1) is 6.54 Å². The Labute approximate surface area is 174 Å². The van der Waals surface area contributed by atoms with Gasteiger partial charge >= 0.3 is 6.03 Å². The molecule has 0 radical (unpaired) electrons. The third-order valence-electron chi connectivity index (χ3n) is 6.17. The number of nitrogens with one attached hydrogen (secondary N) is 3. The summed E-state index contributed by atoms with van der Waals surface area (Å²) in [7, 11) is 0. The number of hydrogen-bond donors (Lipinski definition) is 3. The molecule has 29 heavy (non-hydrogen) atoms. The largest absolute Gasteiger partial charge is 0.335 e. The first-order chi connectivity index (χ1) is 13.9. The molecule has 6 heteroatoms. The van der Waals surface area contributed by atoms with Gasteiger partial charge in [-0.2, -0.15) is 0 Å². The van der Waals surface area contributed by atoms with Crippen LogP contribution < -0.4 is 16.0 Å². The number of hydrogen-bond acceptors (Lipinski definition) is 3. The molecule has 1 aliphatic carbocycles. The quantitative estimate of drug-likeness (QED) is 0.706. The zero-order valence-electron chi connectivity index (χ0n) is 18.1. The monoisotopic (exact) mass is 400 g/mol. The van der Waals surface area contributed by atoms with Crippen LogP contribution in [0.3, 0.4) is 0 Å². The second kappa shape index (κ2) is 10.1. The first kappa shape index (κ1) is 21.6. The highest BCUT2D eigenvalue weighted by Crippen LogP contribution is 2.22. The summed E-state index contributed by atoms with van der Waals surface area (Å²) in [6, 6.07) is 4.69. The maximum atomic E-state index is 12.5. The molecule has 1 aromatic rings. The third-order valence-corrected chi connectivity index (χ3v) is 6.17. The molecule has 1 aliphatic heterocycles. The van der Waals surface area contributed by atoms with Gasteiger partial charge in [0.2, 0.25) is 5.91 Å². The van der Waals surface area contributed by atoms with Gasteiger partial charge in [0.1, 0.15) is 0 Å². The Balaban J connectivity index is 1.39. The number of carbonyl (C=O) groups excluding carboxylic acids is 2. The van der Waals surface area contributed by atoms with Gasteiger partial charge in [0.15, 0.2) is 0 Å². The van der Waals surface area contributed by atoms with Gasteiger partial charge in [-0.25, -0.2) is 4.79 Å². The summed E-state index contributed by atoms with van der Waals surface area (Å²) in [6.07, 6.45) is 7.68. The van der Waals surface area contributed by atoms with E-state index in [1.54, 1.807) is 0 Å². The average molecular weight is 401 g/mol. The molecule has 2 fully saturated rings. The van der Waals surface area contributed by atoms with Crippen molar-refractivity contribution in [1.82, 2.24) is 15.5 Å². The smallest absolute Gasteiger partial charge is 0.315 e. The topological polar surface area (TPSA) is 73.5 Å². The Morgan fingerprint density at radius 3 is 2.03 bits per heavy atom. The summed E-state index contributed by atoms with van der Waals surface area (Å²) >= 11 is 0. The fourth-order valence-electron chi connectivity index (χ4n) is 4.65. The summed E-state index contributed by atoms with van der Waals surface area (Å²) in [6.45, 7) is 8.19. The van der Waals surface area contributed by atoms with Crippen LogP contribution in [0, 0.1) is 20.8 Å². The molecule has 160 valence electrons. The Bertz CT molecular complexity index is 697. The average Bonchev–Trinajstić information content (AvgIpc) is 2.67. The molecule has 0 aromatic heterocycles. The van der Waals surface area contributed by atoms with E-state index in [9.17, 15) is 9.59 Å². The van der Waals surface area contributed by atoms with Gasteiger partial charge in [0, 0.05) is 30.9 Å². The van der Waals surface area contributed by atoms with Crippen LogP contribution in [0.5, 0.6) is 0 Å². The molecule has 0 spiro atoms. The Morgan fingerprint density at radius 1 is 0.897 bits per heavy atom. The number of amides is 3. The lowest BCUT2D eigenvalue weighted by atomic mass is 9.96. The van der Waals surface area contributed by atoms with Gasteiger partial charge in [-0.05, 0) is 57.6 Å². The second-order valence-corrected chi connectivity index (χ2v) is 8.83. The van der Waals surface area contributed by atoms with Crippen LogP contribution in [0.25, 0.3) is 0 Å². The first-order valence-corrected chi connectivity index (χ1v) is 11.1. The van der Waals surface area contributed by atoms with E-state index in [-0.39, 0.29) is 18.0 Å². The van der Waals surface area contributed by atoms with Crippen LogP contribution in [0.15, 0.2) is 12.1 Å². The van der Waals surface area contributed by atoms with Crippen LogP contribution in [-0.4, -0.2) is 48.6 Å². The molecular formula is C23H36N4O2. The molecule has 1 saturated carbocycles. The van der Waals surface area contributed by atoms with Gasteiger partial charge in [-0.1, -0.05) is 37.0 Å². The van der Waals surface area contributed by atoms with Crippen molar-refractivity contribution in [2.75, 3.05) is 25.0 Å². The summed E-state index contributed by atoms with van der Waals surface area (Å²) < 4.78 is 0. The molecule has 1 aromatic carbocycles. The minimum atomic E-state index is -0.0292. The number of piperidine rings is 1. The number of rotatable bonds is 5. The minimum Gasteiger partial charge on any atom is -0.335 e. The van der Waals surface area contributed by atoms with E-state index in [1.165, 1.54) is 24.8 Å². The molecule has 3 amide bonds. The Morgan fingerprint density at radius 2 is 1.45 bits per heavy atom. The van der Waals surface area contributed by atoms with Crippen molar-refractivity contribution in [2.24, 2.45) is 0 Å². The van der Waals surface area contributed by atoms with E-state index < -0.39 is 0 Å². The maximum absolute atomic E-state index is 12.5. The Hall–Kier alpha value is -2.08. The maximum Gasteiger partial charge on any atom is 0.315 e. The molecule has 0 bridgehead atoms. The van der Waals surface area contributed by atoms with Gasteiger partial charge in [-0.3, -0.25) is 9.69 Å². The summed E-state index contributed by atoms with van der Waals surface area (Å²) in [4.78, 5) is 26.9. The van der Waals surface area contributed by atoms with E-state index >= 15 is 0 Å². The van der Waals surface area contributed by atoms with Gasteiger partial charge in [-0.15, -0.1) is 0 Å². The number of nitrogens with zero attached hydrogens (tertiary/aromatic N) is 1. The zero-order valence-corrected chi connectivity index (χ0v) is 18.1. The van der Waals surface area contributed by atoms with E-state index in [0.29, 0.717) is 12.6 Å². The highest BCUT2D eigenvalue weighted by molar-refractivity contribution is 5.93. The summed E-state index contributed by atoms with van der Waals surface area (Å²) in [5.74, 6) is 0.0292. The van der Waals surface area contributed by atoms with E-state index in [0.717, 1.165) is 55.6 Å². The van der Waals surface area contributed by atoms with E-state index in [1.807, 2.05) is 13.8 Å². The van der Waals surface area contributed by atoms with Crippen molar-refractivity contribution in [1.29, 1.82) is 0 Å². The molecule has 0 unspecified atom stereocenters. The van der Waals surface area contributed by atoms with Gasteiger partial charge < -0.3 is 16.0 Å². The highest BCUT2D eigenvalue weighted by atomic mass is 16.2. The molecule has 1 heterocycles. The van der Waals surface area contributed by atoms with Crippen molar-refractivity contribution in [3.05, 3.63) is 28.8 Å².